The molecule has 7 heteroatoms. The van der Waals surface area contributed by atoms with Crippen LogP contribution in [-0.2, 0) is 4.79 Å². The van der Waals surface area contributed by atoms with Gasteiger partial charge in [-0.05, 0) is 24.3 Å². The first-order chi connectivity index (χ1) is 10.6. The summed E-state index contributed by atoms with van der Waals surface area (Å²) >= 11 is 8.56. The fourth-order valence-corrected chi connectivity index (χ4v) is 4.13. The number of thioether (sulfide) groups is 1. The summed E-state index contributed by atoms with van der Waals surface area (Å²) in [7, 11) is 1.56. The number of halogens is 1. The number of hydrogen-bond donors (Lipinski definition) is 1. The minimum absolute atomic E-state index is 0.105. The van der Waals surface area contributed by atoms with Crippen molar-refractivity contribution in [2.24, 2.45) is 0 Å². The van der Waals surface area contributed by atoms with E-state index in [-0.39, 0.29) is 5.78 Å². The third-order valence-corrected chi connectivity index (χ3v) is 5.23. The van der Waals surface area contributed by atoms with Gasteiger partial charge in [-0.15, -0.1) is 11.3 Å². The molecule has 0 aliphatic carbocycles. The predicted molar refractivity (Wildman–Crippen MR) is 91.2 cm³/mol. The number of aromatic nitrogens is 1. The number of nitrogens with zero attached hydrogens (tertiary/aromatic N) is 1. The molecule has 1 unspecified atom stereocenters. The van der Waals surface area contributed by atoms with Gasteiger partial charge in [0.05, 0.1) is 17.1 Å². The van der Waals surface area contributed by atoms with Crippen molar-refractivity contribution in [1.29, 1.82) is 5.41 Å². The van der Waals surface area contributed by atoms with Crippen LogP contribution in [0.3, 0.4) is 0 Å². The van der Waals surface area contributed by atoms with Crippen LogP contribution >= 0.6 is 34.7 Å². The van der Waals surface area contributed by atoms with Gasteiger partial charge in [-0.3, -0.25) is 10.2 Å². The number of Topliss-reactive ketones (excluding diaryl/α,β-unsaturated/α-hetero) is 1. The van der Waals surface area contributed by atoms with Crippen molar-refractivity contribution in [3.63, 3.8) is 0 Å². The largest absolute Gasteiger partial charge is 0.496 e. The Morgan fingerprint density at radius 3 is 2.95 bits per heavy atom. The molecule has 1 N–H and O–H groups in total. The highest BCUT2D eigenvalue weighted by Gasteiger charge is 2.38. The Kier molecular flexibility index (Phi) is 4.33. The van der Waals surface area contributed by atoms with Gasteiger partial charge in [0.25, 0.3) is 0 Å². The van der Waals surface area contributed by atoms with Gasteiger partial charge in [0.1, 0.15) is 16.7 Å². The number of hydrogen-bond acceptors (Lipinski definition) is 6. The van der Waals surface area contributed by atoms with Gasteiger partial charge in [-0.2, -0.15) is 0 Å². The SMILES string of the molecule is COc1ccc(Cl)cc1C=C1SC(=N)C(c2nccs2)C1=O. The molecule has 112 valence electrons. The molecule has 2 aromatic rings. The lowest BCUT2D eigenvalue weighted by Gasteiger charge is -2.05. The number of carbonyl (C=O) groups is 1. The third kappa shape index (κ3) is 2.82. The Bertz CT molecular complexity index is 772. The second-order valence-electron chi connectivity index (χ2n) is 4.53. The number of ether oxygens (including phenoxy) is 1. The van der Waals surface area contributed by atoms with Crippen LogP contribution in [0.5, 0.6) is 5.75 Å². The number of ketones is 1. The molecular formula is C15H11ClN2O2S2. The Hall–Kier alpha value is -1.63. The zero-order valence-corrected chi connectivity index (χ0v) is 13.9. The molecular weight excluding hydrogens is 340 g/mol. The molecule has 2 heterocycles. The van der Waals surface area contributed by atoms with Crippen LogP contribution in [0.2, 0.25) is 5.02 Å². The minimum atomic E-state index is -0.582. The highest BCUT2D eigenvalue weighted by Crippen LogP contribution is 2.42. The Balaban J connectivity index is 1.98. The molecule has 0 spiro atoms. The summed E-state index contributed by atoms with van der Waals surface area (Å²) in [4.78, 5) is 17.2. The summed E-state index contributed by atoms with van der Waals surface area (Å²) in [6.45, 7) is 0. The molecule has 0 amide bonds. The zero-order chi connectivity index (χ0) is 15.7. The molecule has 1 aromatic heterocycles. The maximum Gasteiger partial charge on any atom is 0.186 e. The van der Waals surface area contributed by atoms with Crippen LogP contribution in [-0.4, -0.2) is 22.9 Å². The molecule has 1 fully saturated rings. The van der Waals surface area contributed by atoms with Gasteiger partial charge in [-0.25, -0.2) is 4.98 Å². The van der Waals surface area contributed by atoms with Crippen LogP contribution in [0.1, 0.15) is 16.5 Å². The molecule has 1 aliphatic rings. The van der Waals surface area contributed by atoms with Gasteiger partial charge >= 0.3 is 0 Å². The van der Waals surface area contributed by atoms with Gasteiger partial charge in [0, 0.05) is 22.2 Å². The first-order valence-corrected chi connectivity index (χ1v) is 8.42. The topological polar surface area (TPSA) is 63.0 Å². The molecule has 1 aliphatic heterocycles. The fraction of sp³-hybridized carbons (Fsp3) is 0.133. The van der Waals surface area contributed by atoms with E-state index in [1.54, 1.807) is 37.6 Å². The summed E-state index contributed by atoms with van der Waals surface area (Å²) in [5.74, 6) is -0.0528. The molecule has 0 saturated carbocycles. The first kappa shape index (κ1) is 15.3. The Labute approximate surface area is 140 Å². The summed E-state index contributed by atoms with van der Waals surface area (Å²) in [6, 6.07) is 5.22. The molecule has 0 radical (unpaired) electrons. The third-order valence-electron chi connectivity index (χ3n) is 3.16. The highest BCUT2D eigenvalue weighted by molar-refractivity contribution is 8.19. The van der Waals surface area contributed by atoms with E-state index in [9.17, 15) is 4.79 Å². The molecule has 22 heavy (non-hydrogen) atoms. The number of carbonyl (C=O) groups excluding carboxylic acids is 1. The standard InChI is InChI=1S/C15H11ClN2O2S2/c1-20-10-3-2-9(16)6-8(10)7-11-13(19)12(14(17)22-11)15-18-4-5-21-15/h2-7,12,17H,1H3. The number of methoxy groups -OCH3 is 1. The average molecular weight is 351 g/mol. The quantitative estimate of drug-likeness (QED) is 0.842. The van der Waals surface area contributed by atoms with Crippen molar-refractivity contribution in [3.05, 3.63) is 50.3 Å². The molecule has 4 nitrogen and oxygen atoms in total. The molecule has 0 bridgehead atoms. The van der Waals surface area contributed by atoms with Crippen molar-refractivity contribution >= 4 is 51.6 Å². The lowest BCUT2D eigenvalue weighted by molar-refractivity contribution is -0.114. The zero-order valence-electron chi connectivity index (χ0n) is 11.5. The van der Waals surface area contributed by atoms with E-state index >= 15 is 0 Å². The lowest BCUT2D eigenvalue weighted by Crippen LogP contribution is -2.11. The summed E-state index contributed by atoms with van der Waals surface area (Å²) in [6.07, 6.45) is 3.37. The average Bonchev–Trinajstić information content (AvgIpc) is 3.08. The van der Waals surface area contributed by atoms with E-state index < -0.39 is 5.92 Å². The van der Waals surface area contributed by atoms with Gasteiger partial charge in [-0.1, -0.05) is 23.4 Å². The van der Waals surface area contributed by atoms with Crippen LogP contribution in [0, 0.1) is 5.41 Å². The maximum absolute atomic E-state index is 12.6. The number of rotatable bonds is 3. The Morgan fingerprint density at radius 1 is 1.45 bits per heavy atom. The van der Waals surface area contributed by atoms with E-state index in [0.29, 0.717) is 25.7 Å². The van der Waals surface area contributed by atoms with Crippen molar-refractivity contribution in [2.75, 3.05) is 7.11 Å². The highest BCUT2D eigenvalue weighted by atomic mass is 35.5. The second-order valence-corrected chi connectivity index (χ2v) is 6.98. The Morgan fingerprint density at radius 2 is 2.27 bits per heavy atom. The predicted octanol–water partition coefficient (Wildman–Crippen LogP) is 4.22. The van der Waals surface area contributed by atoms with E-state index in [4.69, 9.17) is 21.7 Å². The van der Waals surface area contributed by atoms with Gasteiger partial charge in [0.2, 0.25) is 0 Å². The number of benzene rings is 1. The number of allylic oxidation sites excluding steroid dienone is 1. The van der Waals surface area contributed by atoms with Crippen molar-refractivity contribution in [1.82, 2.24) is 4.98 Å². The summed E-state index contributed by atoms with van der Waals surface area (Å²) < 4.78 is 5.28. The van der Waals surface area contributed by atoms with Gasteiger partial charge in [0.15, 0.2) is 5.78 Å². The summed E-state index contributed by atoms with van der Waals surface area (Å²) in [5, 5.41) is 11.4. The van der Waals surface area contributed by atoms with Crippen molar-refractivity contribution < 1.29 is 9.53 Å². The van der Waals surface area contributed by atoms with Crippen LogP contribution in [0.25, 0.3) is 6.08 Å². The smallest absolute Gasteiger partial charge is 0.186 e. The van der Waals surface area contributed by atoms with E-state index in [1.165, 1.54) is 11.3 Å². The second kappa shape index (κ2) is 6.24. The summed E-state index contributed by atoms with van der Waals surface area (Å²) in [5.41, 5.74) is 0.721. The lowest BCUT2D eigenvalue weighted by atomic mass is 10.0. The molecule has 3 rings (SSSR count). The van der Waals surface area contributed by atoms with E-state index in [2.05, 4.69) is 4.98 Å². The maximum atomic E-state index is 12.6. The monoisotopic (exact) mass is 350 g/mol. The number of nitrogens with one attached hydrogen (secondary N) is 1. The molecule has 1 aromatic carbocycles. The van der Waals surface area contributed by atoms with Crippen molar-refractivity contribution in [2.45, 2.75) is 5.92 Å². The van der Waals surface area contributed by atoms with Crippen molar-refractivity contribution in [3.8, 4) is 5.75 Å². The molecule has 1 atom stereocenters. The first-order valence-electron chi connectivity index (χ1n) is 6.35. The van der Waals surface area contributed by atoms with Gasteiger partial charge < -0.3 is 4.74 Å². The minimum Gasteiger partial charge on any atom is -0.496 e. The van der Waals surface area contributed by atoms with E-state index in [0.717, 1.165) is 17.3 Å². The van der Waals surface area contributed by atoms with Crippen LogP contribution < -0.4 is 4.74 Å². The fourth-order valence-electron chi connectivity index (χ4n) is 2.15. The van der Waals surface area contributed by atoms with Crippen LogP contribution in [0.4, 0.5) is 0 Å². The normalized spacial score (nSPS) is 19.9. The number of thiazole rings is 1. The molecule has 1 saturated heterocycles. The van der Waals surface area contributed by atoms with Crippen LogP contribution in [0.15, 0.2) is 34.7 Å². The van der Waals surface area contributed by atoms with E-state index in [1.807, 2.05) is 5.38 Å².